The van der Waals surface area contributed by atoms with Crippen LogP contribution in [0.3, 0.4) is 0 Å². The highest BCUT2D eigenvalue weighted by molar-refractivity contribution is 5.81. The minimum Gasteiger partial charge on any atom is -0.465 e. The first-order chi connectivity index (χ1) is 12.5. The second kappa shape index (κ2) is 6.25. The second-order valence-corrected chi connectivity index (χ2v) is 6.31. The van der Waals surface area contributed by atoms with E-state index in [-0.39, 0.29) is 24.5 Å². The summed E-state index contributed by atoms with van der Waals surface area (Å²) in [5.74, 6) is -0.372. The van der Waals surface area contributed by atoms with E-state index in [2.05, 4.69) is 4.98 Å². The molecule has 0 saturated heterocycles. The fourth-order valence-electron chi connectivity index (χ4n) is 3.49. The maximum Gasteiger partial charge on any atom is 0.407 e. The molecule has 1 aliphatic heterocycles. The SMILES string of the molecule is O=C(O)N1CCc2c(c(=O)n(Cc3cccc(F)c3)c3ncccc23)C1. The molecule has 0 aliphatic carbocycles. The van der Waals surface area contributed by atoms with Crippen molar-refractivity contribution in [1.29, 1.82) is 0 Å². The smallest absolute Gasteiger partial charge is 0.407 e. The molecule has 0 spiro atoms. The summed E-state index contributed by atoms with van der Waals surface area (Å²) in [6.45, 7) is 0.571. The molecular weight excluding hydrogens is 337 g/mol. The van der Waals surface area contributed by atoms with Gasteiger partial charge >= 0.3 is 6.09 Å². The highest BCUT2D eigenvalue weighted by atomic mass is 19.1. The lowest BCUT2D eigenvalue weighted by atomic mass is 9.97. The first kappa shape index (κ1) is 16.3. The van der Waals surface area contributed by atoms with Crippen LogP contribution in [-0.4, -0.2) is 32.2 Å². The summed E-state index contributed by atoms with van der Waals surface area (Å²) in [6, 6.07) is 9.75. The van der Waals surface area contributed by atoms with Crippen LogP contribution in [-0.2, 0) is 19.5 Å². The molecule has 1 N–H and O–H groups in total. The molecule has 1 amide bonds. The molecule has 3 aromatic rings. The molecule has 4 rings (SSSR count). The Morgan fingerprint density at radius 2 is 2.08 bits per heavy atom. The molecule has 1 aliphatic rings. The van der Waals surface area contributed by atoms with Crippen molar-refractivity contribution in [3.05, 3.63) is 75.5 Å². The van der Waals surface area contributed by atoms with Gasteiger partial charge in [-0.05, 0) is 41.8 Å². The van der Waals surface area contributed by atoms with Crippen LogP contribution in [0.4, 0.5) is 9.18 Å². The van der Waals surface area contributed by atoms with Gasteiger partial charge < -0.3 is 10.0 Å². The Bertz CT molecular complexity index is 1080. The van der Waals surface area contributed by atoms with Gasteiger partial charge in [-0.1, -0.05) is 12.1 Å². The van der Waals surface area contributed by atoms with Gasteiger partial charge in [0, 0.05) is 23.7 Å². The molecule has 0 radical (unpaired) electrons. The van der Waals surface area contributed by atoms with Gasteiger partial charge in [0.1, 0.15) is 11.5 Å². The van der Waals surface area contributed by atoms with E-state index in [1.165, 1.54) is 21.6 Å². The van der Waals surface area contributed by atoms with Crippen molar-refractivity contribution in [3.8, 4) is 0 Å². The van der Waals surface area contributed by atoms with Gasteiger partial charge in [-0.25, -0.2) is 14.2 Å². The fraction of sp³-hybridized carbons (Fsp3) is 0.211. The van der Waals surface area contributed by atoms with Crippen molar-refractivity contribution in [2.24, 2.45) is 0 Å². The third-order valence-electron chi connectivity index (χ3n) is 4.72. The highest BCUT2D eigenvalue weighted by Gasteiger charge is 2.26. The van der Waals surface area contributed by atoms with Gasteiger partial charge in [-0.3, -0.25) is 9.36 Å². The molecule has 1 aromatic carbocycles. The quantitative estimate of drug-likeness (QED) is 0.768. The highest BCUT2D eigenvalue weighted by Crippen LogP contribution is 2.24. The number of rotatable bonds is 2. The molecule has 0 unspecified atom stereocenters. The van der Waals surface area contributed by atoms with Gasteiger partial charge in [0.05, 0.1) is 13.1 Å². The lowest BCUT2D eigenvalue weighted by molar-refractivity contribution is 0.139. The zero-order valence-electron chi connectivity index (χ0n) is 13.9. The van der Waals surface area contributed by atoms with Gasteiger partial charge in [-0.15, -0.1) is 0 Å². The summed E-state index contributed by atoms with van der Waals surface area (Å²) in [4.78, 5) is 30.0. The summed E-state index contributed by atoms with van der Waals surface area (Å²) in [6.07, 6.45) is 1.04. The Balaban J connectivity index is 1.91. The lowest BCUT2D eigenvalue weighted by Crippen LogP contribution is -2.40. The summed E-state index contributed by atoms with van der Waals surface area (Å²) >= 11 is 0. The number of hydrogen-bond acceptors (Lipinski definition) is 3. The maximum atomic E-state index is 13.5. The van der Waals surface area contributed by atoms with Crippen LogP contribution in [0.5, 0.6) is 0 Å². The Morgan fingerprint density at radius 1 is 1.23 bits per heavy atom. The summed E-state index contributed by atoms with van der Waals surface area (Å²) in [5, 5.41) is 10.1. The van der Waals surface area contributed by atoms with E-state index in [1.807, 2.05) is 6.07 Å². The van der Waals surface area contributed by atoms with Crippen LogP contribution in [0, 0.1) is 5.82 Å². The number of amides is 1. The number of fused-ring (bicyclic) bond motifs is 3. The largest absolute Gasteiger partial charge is 0.465 e. The fourth-order valence-corrected chi connectivity index (χ4v) is 3.49. The number of nitrogens with zero attached hydrogens (tertiary/aromatic N) is 3. The molecular formula is C19H16FN3O3. The molecule has 3 heterocycles. The van der Waals surface area contributed by atoms with Crippen LogP contribution in [0.1, 0.15) is 16.7 Å². The number of aromatic nitrogens is 2. The number of carbonyl (C=O) groups is 1. The standard InChI is InChI=1S/C19H16FN3O3/c20-13-4-1-3-12(9-13)10-23-17-15(5-2-7-21-17)14-6-8-22(19(25)26)11-16(14)18(23)24/h1-5,7,9H,6,8,10-11H2,(H,25,26). The topological polar surface area (TPSA) is 75.4 Å². The number of benzene rings is 1. The van der Waals surface area contributed by atoms with Crippen molar-refractivity contribution in [3.63, 3.8) is 0 Å². The zero-order valence-corrected chi connectivity index (χ0v) is 13.9. The van der Waals surface area contributed by atoms with Crippen molar-refractivity contribution in [1.82, 2.24) is 14.5 Å². The van der Waals surface area contributed by atoms with Crippen molar-refractivity contribution < 1.29 is 14.3 Å². The van der Waals surface area contributed by atoms with Crippen LogP contribution in [0.25, 0.3) is 11.0 Å². The van der Waals surface area contributed by atoms with E-state index in [4.69, 9.17) is 0 Å². The van der Waals surface area contributed by atoms with Gasteiger partial charge in [0.25, 0.3) is 5.56 Å². The predicted octanol–water partition coefficient (Wildman–Crippen LogP) is 2.62. The minimum atomic E-state index is -1.04. The molecule has 7 heteroatoms. The Labute approximate surface area is 148 Å². The summed E-state index contributed by atoms with van der Waals surface area (Å²) < 4.78 is 15.0. The van der Waals surface area contributed by atoms with Crippen molar-refractivity contribution >= 4 is 17.1 Å². The van der Waals surface area contributed by atoms with Gasteiger partial charge in [-0.2, -0.15) is 0 Å². The Hall–Kier alpha value is -3.22. The summed E-state index contributed by atoms with van der Waals surface area (Å²) in [7, 11) is 0. The van der Waals surface area contributed by atoms with E-state index in [9.17, 15) is 19.1 Å². The monoisotopic (exact) mass is 353 g/mol. The third-order valence-corrected chi connectivity index (χ3v) is 4.72. The van der Waals surface area contributed by atoms with Crippen molar-refractivity contribution in [2.75, 3.05) is 6.54 Å². The van der Waals surface area contributed by atoms with Crippen molar-refractivity contribution in [2.45, 2.75) is 19.5 Å². The normalized spacial score (nSPS) is 13.7. The molecule has 0 atom stereocenters. The Kier molecular flexibility index (Phi) is 3.91. The van der Waals surface area contributed by atoms with E-state index >= 15 is 0 Å². The molecule has 26 heavy (non-hydrogen) atoms. The van der Waals surface area contributed by atoms with Gasteiger partial charge in [0.15, 0.2) is 0 Å². The lowest BCUT2D eigenvalue weighted by Gasteiger charge is -2.27. The van der Waals surface area contributed by atoms with E-state index in [0.29, 0.717) is 29.7 Å². The van der Waals surface area contributed by atoms with E-state index in [1.54, 1.807) is 24.4 Å². The molecule has 0 saturated carbocycles. The minimum absolute atomic E-state index is 0.0531. The zero-order chi connectivity index (χ0) is 18.3. The van der Waals surface area contributed by atoms with Crippen LogP contribution in [0.2, 0.25) is 0 Å². The van der Waals surface area contributed by atoms with Crippen LogP contribution < -0.4 is 5.56 Å². The number of hydrogen-bond donors (Lipinski definition) is 1. The predicted molar refractivity (Wildman–Crippen MR) is 93.6 cm³/mol. The van der Waals surface area contributed by atoms with E-state index < -0.39 is 6.09 Å². The van der Waals surface area contributed by atoms with Crippen LogP contribution >= 0.6 is 0 Å². The average Bonchev–Trinajstić information content (AvgIpc) is 2.64. The summed E-state index contributed by atoms with van der Waals surface area (Å²) in [5.41, 5.74) is 2.22. The first-order valence-corrected chi connectivity index (χ1v) is 8.26. The van der Waals surface area contributed by atoms with E-state index in [0.717, 1.165) is 10.9 Å². The molecule has 2 aromatic heterocycles. The average molecular weight is 353 g/mol. The van der Waals surface area contributed by atoms with Crippen LogP contribution in [0.15, 0.2) is 47.4 Å². The third kappa shape index (κ3) is 2.71. The first-order valence-electron chi connectivity index (χ1n) is 8.26. The molecule has 132 valence electrons. The Morgan fingerprint density at radius 3 is 2.85 bits per heavy atom. The number of halogens is 1. The second-order valence-electron chi connectivity index (χ2n) is 6.31. The number of carboxylic acid groups (broad SMARTS) is 1. The molecule has 6 nitrogen and oxygen atoms in total. The maximum absolute atomic E-state index is 13.5. The molecule has 0 bridgehead atoms. The number of pyridine rings is 2. The molecule has 0 fully saturated rings. The van der Waals surface area contributed by atoms with Gasteiger partial charge in [0.2, 0.25) is 0 Å².